The predicted octanol–water partition coefficient (Wildman–Crippen LogP) is 6.58. The summed E-state index contributed by atoms with van der Waals surface area (Å²) in [5.74, 6) is 0.666. The van der Waals surface area contributed by atoms with Gasteiger partial charge < -0.3 is 4.74 Å². The summed E-state index contributed by atoms with van der Waals surface area (Å²) in [7, 11) is 0. The molecule has 0 aliphatic carbocycles. The van der Waals surface area contributed by atoms with E-state index in [4.69, 9.17) is 27.9 Å². The third-order valence-electron chi connectivity index (χ3n) is 3.89. The first kappa shape index (κ1) is 22.7. The van der Waals surface area contributed by atoms with Crippen LogP contribution >= 0.6 is 50.9 Å². The summed E-state index contributed by atoms with van der Waals surface area (Å²) < 4.78 is 6.78. The van der Waals surface area contributed by atoms with Crippen LogP contribution in [0.5, 0.6) is 5.75 Å². The molecular formula is C22H17BrCl2N2O2S. The highest BCUT2D eigenvalue weighted by Crippen LogP contribution is 2.24. The maximum atomic E-state index is 12.0. The van der Waals surface area contributed by atoms with Crippen LogP contribution in [0.25, 0.3) is 0 Å². The maximum absolute atomic E-state index is 12.0. The van der Waals surface area contributed by atoms with Crippen LogP contribution in [0.1, 0.15) is 11.1 Å². The molecule has 4 nitrogen and oxygen atoms in total. The van der Waals surface area contributed by atoms with E-state index in [0.717, 1.165) is 20.5 Å². The lowest BCUT2D eigenvalue weighted by Gasteiger charge is -2.10. The Hall–Kier alpha value is -1.99. The Morgan fingerprint density at radius 3 is 2.63 bits per heavy atom. The third kappa shape index (κ3) is 7.06. The molecule has 3 aromatic carbocycles. The predicted molar refractivity (Wildman–Crippen MR) is 128 cm³/mol. The number of carbonyl (C=O) groups excluding carboxylic acids is 1. The Morgan fingerprint density at radius 1 is 1.10 bits per heavy atom. The second-order valence-corrected chi connectivity index (χ2v) is 8.91. The van der Waals surface area contributed by atoms with Crippen LogP contribution in [-0.2, 0) is 11.4 Å². The number of thioether (sulfide) groups is 1. The van der Waals surface area contributed by atoms with E-state index in [9.17, 15) is 4.79 Å². The zero-order valence-electron chi connectivity index (χ0n) is 15.6. The number of hydrazone groups is 1. The van der Waals surface area contributed by atoms with E-state index in [0.29, 0.717) is 22.4 Å². The minimum absolute atomic E-state index is 0.209. The molecule has 0 aliphatic heterocycles. The Balaban J connectivity index is 1.57. The molecule has 0 fully saturated rings. The van der Waals surface area contributed by atoms with Crippen LogP contribution in [0, 0.1) is 0 Å². The van der Waals surface area contributed by atoms with Crippen molar-refractivity contribution in [3.63, 3.8) is 0 Å². The molecule has 30 heavy (non-hydrogen) atoms. The van der Waals surface area contributed by atoms with Gasteiger partial charge in [0.1, 0.15) is 12.4 Å². The topological polar surface area (TPSA) is 50.7 Å². The van der Waals surface area contributed by atoms with Crippen LogP contribution in [0.15, 0.2) is 81.2 Å². The molecule has 0 heterocycles. The third-order valence-corrected chi connectivity index (χ3v) is 6.02. The highest BCUT2D eigenvalue weighted by atomic mass is 79.9. The molecule has 0 saturated heterocycles. The fourth-order valence-electron chi connectivity index (χ4n) is 2.41. The first-order valence-electron chi connectivity index (χ1n) is 8.87. The van der Waals surface area contributed by atoms with Gasteiger partial charge in [-0.05, 0) is 48.5 Å². The molecular weight excluding hydrogens is 507 g/mol. The van der Waals surface area contributed by atoms with Crippen LogP contribution < -0.4 is 10.2 Å². The molecule has 0 aliphatic rings. The molecule has 1 N–H and O–H groups in total. The minimum Gasteiger partial charge on any atom is -0.488 e. The van der Waals surface area contributed by atoms with Crippen molar-refractivity contribution in [3.8, 4) is 5.75 Å². The van der Waals surface area contributed by atoms with Gasteiger partial charge in [0.2, 0.25) is 5.91 Å². The van der Waals surface area contributed by atoms with Gasteiger partial charge in [0, 0.05) is 30.5 Å². The summed E-state index contributed by atoms with van der Waals surface area (Å²) >= 11 is 16.9. The number of rotatable bonds is 8. The van der Waals surface area contributed by atoms with E-state index in [-0.39, 0.29) is 11.7 Å². The van der Waals surface area contributed by atoms with E-state index >= 15 is 0 Å². The van der Waals surface area contributed by atoms with Crippen molar-refractivity contribution >= 4 is 63.0 Å². The average molecular weight is 524 g/mol. The highest BCUT2D eigenvalue weighted by molar-refractivity contribution is 9.10. The molecule has 0 aromatic heterocycles. The van der Waals surface area contributed by atoms with E-state index < -0.39 is 0 Å². The molecule has 0 unspecified atom stereocenters. The zero-order valence-corrected chi connectivity index (χ0v) is 19.6. The van der Waals surface area contributed by atoms with Crippen LogP contribution in [0.3, 0.4) is 0 Å². The molecule has 0 atom stereocenters. The summed E-state index contributed by atoms with van der Waals surface area (Å²) in [4.78, 5) is 13.0. The maximum Gasteiger partial charge on any atom is 0.250 e. The number of nitrogens with one attached hydrogen (secondary N) is 1. The van der Waals surface area contributed by atoms with Crippen molar-refractivity contribution < 1.29 is 9.53 Å². The van der Waals surface area contributed by atoms with Crippen LogP contribution in [0.4, 0.5) is 0 Å². The molecule has 3 aromatic rings. The number of hydrogen-bond donors (Lipinski definition) is 1. The van der Waals surface area contributed by atoms with Gasteiger partial charge in [0.25, 0.3) is 0 Å². The van der Waals surface area contributed by atoms with Gasteiger partial charge in [0.05, 0.1) is 12.0 Å². The van der Waals surface area contributed by atoms with Crippen molar-refractivity contribution in [1.82, 2.24) is 5.43 Å². The summed E-state index contributed by atoms with van der Waals surface area (Å²) in [6.45, 7) is 0.326. The monoisotopic (exact) mass is 522 g/mol. The fraction of sp³-hybridized carbons (Fsp3) is 0.0909. The van der Waals surface area contributed by atoms with Crippen molar-refractivity contribution in [3.05, 3.63) is 92.4 Å². The normalized spacial score (nSPS) is 10.9. The largest absolute Gasteiger partial charge is 0.488 e. The average Bonchev–Trinajstić information content (AvgIpc) is 2.74. The standard InChI is InChI=1S/C22H17BrCl2N2O2S/c23-17-5-10-21(29-13-15-3-1-2-4-20(15)25)16(11-17)12-26-27-22(28)14-30-19-8-6-18(24)7-9-19/h1-12H,13-14H2,(H,27,28)/b26-12-. The fourth-order valence-corrected chi connectivity index (χ4v) is 3.79. The lowest BCUT2D eigenvalue weighted by molar-refractivity contribution is -0.118. The van der Waals surface area contributed by atoms with E-state index in [2.05, 4.69) is 26.5 Å². The van der Waals surface area contributed by atoms with Gasteiger partial charge in [-0.2, -0.15) is 5.10 Å². The molecule has 0 saturated carbocycles. The number of halogens is 3. The van der Waals surface area contributed by atoms with Gasteiger partial charge >= 0.3 is 0 Å². The molecule has 1 amide bonds. The second kappa shape index (κ2) is 11.4. The molecule has 8 heteroatoms. The number of nitrogens with zero attached hydrogens (tertiary/aromatic N) is 1. The summed E-state index contributed by atoms with van der Waals surface area (Å²) in [6, 6.07) is 20.4. The number of benzene rings is 3. The smallest absolute Gasteiger partial charge is 0.250 e. The first-order valence-corrected chi connectivity index (χ1v) is 11.4. The van der Waals surface area contributed by atoms with Crippen molar-refractivity contribution in [2.24, 2.45) is 5.10 Å². The van der Waals surface area contributed by atoms with Crippen LogP contribution in [0.2, 0.25) is 10.0 Å². The highest BCUT2D eigenvalue weighted by Gasteiger charge is 2.06. The quantitative estimate of drug-likeness (QED) is 0.206. The summed E-state index contributed by atoms with van der Waals surface area (Å²) in [6.07, 6.45) is 1.55. The number of carbonyl (C=O) groups is 1. The number of ether oxygens (including phenoxy) is 1. The van der Waals surface area contributed by atoms with Gasteiger partial charge in [-0.3, -0.25) is 4.79 Å². The van der Waals surface area contributed by atoms with Crippen molar-refractivity contribution in [2.45, 2.75) is 11.5 Å². The Bertz CT molecular complexity index is 1050. The van der Waals surface area contributed by atoms with Gasteiger partial charge in [-0.1, -0.05) is 57.3 Å². The Morgan fingerprint density at radius 2 is 1.87 bits per heavy atom. The minimum atomic E-state index is -0.209. The molecule has 154 valence electrons. The number of hydrogen-bond acceptors (Lipinski definition) is 4. The second-order valence-electron chi connectivity index (χ2n) is 6.10. The number of amides is 1. The van der Waals surface area contributed by atoms with Crippen LogP contribution in [-0.4, -0.2) is 17.9 Å². The Labute approximate surface area is 197 Å². The first-order chi connectivity index (χ1) is 14.5. The van der Waals surface area contributed by atoms with Crippen molar-refractivity contribution in [2.75, 3.05) is 5.75 Å². The summed E-state index contributed by atoms with van der Waals surface area (Å²) in [5.41, 5.74) is 4.14. The zero-order chi connectivity index (χ0) is 21.3. The lowest BCUT2D eigenvalue weighted by Crippen LogP contribution is -2.19. The summed E-state index contributed by atoms with van der Waals surface area (Å²) in [5, 5.41) is 5.37. The molecule has 0 radical (unpaired) electrons. The SMILES string of the molecule is O=C(CSc1ccc(Cl)cc1)N/N=C\c1cc(Br)ccc1OCc1ccccc1Cl. The molecule has 0 spiro atoms. The lowest BCUT2D eigenvalue weighted by atomic mass is 10.2. The van der Waals surface area contributed by atoms with Gasteiger partial charge in [0.15, 0.2) is 0 Å². The van der Waals surface area contributed by atoms with Crippen molar-refractivity contribution in [1.29, 1.82) is 0 Å². The van der Waals surface area contributed by atoms with Gasteiger partial charge in [-0.25, -0.2) is 5.43 Å². The van der Waals surface area contributed by atoms with E-state index in [1.807, 2.05) is 54.6 Å². The van der Waals surface area contributed by atoms with E-state index in [1.54, 1.807) is 18.3 Å². The molecule has 0 bridgehead atoms. The Kier molecular flexibility index (Phi) is 8.63. The molecule has 3 rings (SSSR count). The van der Waals surface area contributed by atoms with Gasteiger partial charge in [-0.15, -0.1) is 11.8 Å². The van der Waals surface area contributed by atoms with E-state index in [1.165, 1.54) is 11.8 Å².